The Hall–Kier alpha value is -1.09. The zero-order chi connectivity index (χ0) is 8.27. The number of nitrogens with zero attached hydrogens (tertiary/aromatic N) is 1. The van der Waals surface area contributed by atoms with Gasteiger partial charge in [0.05, 0.1) is 6.61 Å². The van der Waals surface area contributed by atoms with Crippen molar-refractivity contribution >= 4 is 5.82 Å². The third-order valence-corrected chi connectivity index (χ3v) is 1.54. The average Bonchev–Trinajstić information content (AvgIpc) is 1.98. The van der Waals surface area contributed by atoms with Gasteiger partial charge in [0.2, 0.25) is 0 Å². The van der Waals surface area contributed by atoms with Crippen LogP contribution >= 0.6 is 0 Å². The SMILES string of the molecule is COCc1cc(N)ncc1C. The molecule has 0 aromatic carbocycles. The topological polar surface area (TPSA) is 48.1 Å². The second-order valence-electron chi connectivity index (χ2n) is 2.47. The fourth-order valence-corrected chi connectivity index (χ4v) is 0.895. The predicted octanol–water partition coefficient (Wildman–Crippen LogP) is 1.12. The van der Waals surface area contributed by atoms with E-state index in [0.29, 0.717) is 12.4 Å². The summed E-state index contributed by atoms with van der Waals surface area (Å²) in [6, 6.07) is 1.83. The third-order valence-electron chi connectivity index (χ3n) is 1.54. The highest BCUT2D eigenvalue weighted by Crippen LogP contribution is 2.09. The number of pyridine rings is 1. The van der Waals surface area contributed by atoms with E-state index >= 15 is 0 Å². The van der Waals surface area contributed by atoms with Crippen molar-refractivity contribution in [3.05, 3.63) is 23.4 Å². The van der Waals surface area contributed by atoms with E-state index in [1.54, 1.807) is 13.3 Å². The number of aryl methyl sites for hydroxylation is 1. The maximum Gasteiger partial charge on any atom is 0.123 e. The zero-order valence-corrected chi connectivity index (χ0v) is 6.79. The molecule has 0 amide bonds. The van der Waals surface area contributed by atoms with E-state index in [0.717, 1.165) is 11.1 Å². The molecular weight excluding hydrogens is 140 g/mol. The summed E-state index contributed by atoms with van der Waals surface area (Å²) in [6.45, 7) is 2.58. The average molecular weight is 152 g/mol. The van der Waals surface area contributed by atoms with Gasteiger partial charge >= 0.3 is 0 Å². The van der Waals surface area contributed by atoms with E-state index in [1.165, 1.54) is 0 Å². The van der Waals surface area contributed by atoms with Gasteiger partial charge in [-0.3, -0.25) is 0 Å². The lowest BCUT2D eigenvalue weighted by molar-refractivity contribution is 0.184. The van der Waals surface area contributed by atoms with Crippen LogP contribution < -0.4 is 5.73 Å². The minimum Gasteiger partial charge on any atom is -0.384 e. The number of nitrogen functional groups attached to an aromatic ring is 1. The highest BCUT2D eigenvalue weighted by Gasteiger charge is 1.97. The molecule has 0 unspecified atom stereocenters. The van der Waals surface area contributed by atoms with Crippen molar-refractivity contribution in [2.45, 2.75) is 13.5 Å². The van der Waals surface area contributed by atoms with Gasteiger partial charge in [0, 0.05) is 13.3 Å². The van der Waals surface area contributed by atoms with Crippen LogP contribution in [0.4, 0.5) is 5.82 Å². The fraction of sp³-hybridized carbons (Fsp3) is 0.375. The van der Waals surface area contributed by atoms with E-state index in [2.05, 4.69) is 4.98 Å². The van der Waals surface area contributed by atoms with Crippen LogP contribution in [0.3, 0.4) is 0 Å². The lowest BCUT2D eigenvalue weighted by Gasteiger charge is -2.03. The van der Waals surface area contributed by atoms with Gasteiger partial charge in [-0.1, -0.05) is 0 Å². The van der Waals surface area contributed by atoms with Crippen LogP contribution in [-0.2, 0) is 11.3 Å². The molecular formula is C8H12N2O. The number of methoxy groups -OCH3 is 1. The maximum absolute atomic E-state index is 5.49. The van der Waals surface area contributed by atoms with Gasteiger partial charge in [0.15, 0.2) is 0 Å². The molecule has 1 heterocycles. The molecule has 2 N–H and O–H groups in total. The normalized spacial score (nSPS) is 10.0. The Labute approximate surface area is 66.2 Å². The minimum atomic E-state index is 0.544. The Balaban J connectivity index is 2.93. The van der Waals surface area contributed by atoms with Crippen molar-refractivity contribution in [3.63, 3.8) is 0 Å². The summed E-state index contributed by atoms with van der Waals surface area (Å²) in [5, 5.41) is 0. The second-order valence-corrected chi connectivity index (χ2v) is 2.47. The van der Waals surface area contributed by atoms with E-state index in [-0.39, 0.29) is 0 Å². The number of hydrogen-bond donors (Lipinski definition) is 1. The molecule has 0 radical (unpaired) electrons. The van der Waals surface area contributed by atoms with Gasteiger partial charge in [-0.25, -0.2) is 4.98 Å². The van der Waals surface area contributed by atoms with Crippen molar-refractivity contribution < 1.29 is 4.74 Å². The van der Waals surface area contributed by atoms with Crippen molar-refractivity contribution in [1.29, 1.82) is 0 Å². The van der Waals surface area contributed by atoms with Crippen LogP contribution in [0.1, 0.15) is 11.1 Å². The summed E-state index contributed by atoms with van der Waals surface area (Å²) in [5.41, 5.74) is 7.70. The number of anilines is 1. The number of hydrogen-bond acceptors (Lipinski definition) is 3. The lowest BCUT2D eigenvalue weighted by Crippen LogP contribution is -1.96. The van der Waals surface area contributed by atoms with Gasteiger partial charge < -0.3 is 10.5 Å². The summed E-state index contributed by atoms with van der Waals surface area (Å²) in [6.07, 6.45) is 1.75. The van der Waals surface area contributed by atoms with E-state index in [9.17, 15) is 0 Å². The molecule has 0 aliphatic heterocycles. The standard InChI is InChI=1S/C8H12N2O/c1-6-4-10-8(9)3-7(6)5-11-2/h3-4H,5H2,1-2H3,(H2,9,10). The lowest BCUT2D eigenvalue weighted by atomic mass is 10.2. The summed E-state index contributed by atoms with van der Waals surface area (Å²) >= 11 is 0. The van der Waals surface area contributed by atoms with Crippen molar-refractivity contribution in [3.8, 4) is 0 Å². The summed E-state index contributed by atoms with van der Waals surface area (Å²) in [7, 11) is 1.66. The fourth-order valence-electron chi connectivity index (χ4n) is 0.895. The molecule has 60 valence electrons. The van der Waals surface area contributed by atoms with Crippen molar-refractivity contribution in [2.75, 3.05) is 12.8 Å². The Kier molecular flexibility index (Phi) is 2.44. The second kappa shape index (κ2) is 3.34. The van der Waals surface area contributed by atoms with Gasteiger partial charge in [0.25, 0.3) is 0 Å². The Morgan fingerprint density at radius 3 is 3.00 bits per heavy atom. The first-order chi connectivity index (χ1) is 5.24. The van der Waals surface area contributed by atoms with Crippen LogP contribution in [0.5, 0.6) is 0 Å². The monoisotopic (exact) mass is 152 g/mol. The quantitative estimate of drug-likeness (QED) is 0.690. The molecule has 0 saturated heterocycles. The van der Waals surface area contributed by atoms with Crippen LogP contribution in [0, 0.1) is 6.92 Å². The summed E-state index contributed by atoms with van der Waals surface area (Å²) in [4.78, 5) is 3.94. The molecule has 0 aliphatic carbocycles. The molecule has 0 atom stereocenters. The number of nitrogens with two attached hydrogens (primary N) is 1. The molecule has 0 bridgehead atoms. The highest BCUT2D eigenvalue weighted by molar-refractivity contribution is 5.35. The maximum atomic E-state index is 5.49. The smallest absolute Gasteiger partial charge is 0.123 e. The van der Waals surface area contributed by atoms with Crippen molar-refractivity contribution in [2.24, 2.45) is 0 Å². The Morgan fingerprint density at radius 2 is 2.36 bits per heavy atom. The molecule has 3 nitrogen and oxygen atoms in total. The van der Waals surface area contributed by atoms with Crippen LogP contribution in [-0.4, -0.2) is 12.1 Å². The number of rotatable bonds is 2. The largest absolute Gasteiger partial charge is 0.384 e. The first-order valence-electron chi connectivity index (χ1n) is 3.44. The highest BCUT2D eigenvalue weighted by atomic mass is 16.5. The van der Waals surface area contributed by atoms with Gasteiger partial charge in [-0.05, 0) is 24.1 Å². The van der Waals surface area contributed by atoms with E-state index < -0.39 is 0 Å². The van der Waals surface area contributed by atoms with Crippen molar-refractivity contribution in [1.82, 2.24) is 4.98 Å². The number of aromatic nitrogens is 1. The van der Waals surface area contributed by atoms with Gasteiger partial charge in [-0.2, -0.15) is 0 Å². The molecule has 0 saturated carbocycles. The number of ether oxygens (including phenoxy) is 1. The predicted molar refractivity (Wildman–Crippen MR) is 44.1 cm³/mol. The van der Waals surface area contributed by atoms with E-state index in [1.807, 2.05) is 13.0 Å². The Morgan fingerprint density at radius 1 is 1.64 bits per heavy atom. The third kappa shape index (κ3) is 1.91. The van der Waals surface area contributed by atoms with Crippen LogP contribution in [0.2, 0.25) is 0 Å². The Bertz CT molecular complexity index is 248. The van der Waals surface area contributed by atoms with Crippen LogP contribution in [0.25, 0.3) is 0 Å². The summed E-state index contributed by atoms with van der Waals surface area (Å²) < 4.78 is 4.98. The molecule has 0 fully saturated rings. The summed E-state index contributed by atoms with van der Waals surface area (Å²) in [5.74, 6) is 0.544. The molecule has 11 heavy (non-hydrogen) atoms. The van der Waals surface area contributed by atoms with Gasteiger partial charge in [-0.15, -0.1) is 0 Å². The molecule has 0 aliphatic rings. The molecule has 1 aromatic rings. The first kappa shape index (κ1) is 8.01. The molecule has 0 spiro atoms. The minimum absolute atomic E-state index is 0.544. The van der Waals surface area contributed by atoms with Crippen LogP contribution in [0.15, 0.2) is 12.3 Å². The van der Waals surface area contributed by atoms with E-state index in [4.69, 9.17) is 10.5 Å². The van der Waals surface area contributed by atoms with Gasteiger partial charge in [0.1, 0.15) is 5.82 Å². The first-order valence-corrected chi connectivity index (χ1v) is 3.44. The molecule has 1 aromatic heterocycles. The molecule has 3 heteroatoms. The molecule has 1 rings (SSSR count). The zero-order valence-electron chi connectivity index (χ0n) is 6.79.